The molecule has 1 aromatic carbocycles. The third kappa shape index (κ3) is 2.01. The summed E-state index contributed by atoms with van der Waals surface area (Å²) in [7, 11) is 0. The second-order valence-electron chi connectivity index (χ2n) is 5.45. The van der Waals surface area contributed by atoms with Gasteiger partial charge in [0.1, 0.15) is 0 Å². The van der Waals surface area contributed by atoms with Gasteiger partial charge in [-0.05, 0) is 31.0 Å². The summed E-state index contributed by atoms with van der Waals surface area (Å²) in [6, 6.07) is 8.60. The molecule has 0 bridgehead atoms. The Morgan fingerprint density at radius 3 is 2.58 bits per heavy atom. The molecule has 4 nitrogen and oxygen atoms in total. The van der Waals surface area contributed by atoms with Crippen molar-refractivity contribution in [3.63, 3.8) is 0 Å². The molecule has 2 rings (SSSR count). The molecule has 0 aliphatic carbocycles. The van der Waals surface area contributed by atoms with Crippen molar-refractivity contribution in [2.24, 2.45) is 11.3 Å². The number of hydrogen-bond donors (Lipinski definition) is 0. The van der Waals surface area contributed by atoms with Crippen LogP contribution in [0.25, 0.3) is 0 Å². The van der Waals surface area contributed by atoms with Gasteiger partial charge in [-0.25, -0.2) is 0 Å². The first kappa shape index (κ1) is 13.3. The van der Waals surface area contributed by atoms with Gasteiger partial charge in [-0.2, -0.15) is 5.26 Å². The molecule has 0 spiro atoms. The van der Waals surface area contributed by atoms with Crippen LogP contribution in [0.3, 0.4) is 0 Å². The van der Waals surface area contributed by atoms with Gasteiger partial charge in [-0.3, -0.25) is 14.5 Å². The molecule has 1 heterocycles. The number of benzene rings is 1. The van der Waals surface area contributed by atoms with Crippen molar-refractivity contribution in [1.82, 2.24) is 0 Å². The van der Waals surface area contributed by atoms with Crippen LogP contribution in [0.2, 0.25) is 0 Å². The second kappa shape index (κ2) is 4.51. The van der Waals surface area contributed by atoms with Gasteiger partial charge in [-0.15, -0.1) is 0 Å². The van der Waals surface area contributed by atoms with Crippen LogP contribution in [0.15, 0.2) is 24.3 Å². The van der Waals surface area contributed by atoms with Crippen LogP contribution < -0.4 is 4.90 Å². The van der Waals surface area contributed by atoms with Crippen LogP contribution in [-0.2, 0) is 9.59 Å². The monoisotopic (exact) mass is 256 g/mol. The van der Waals surface area contributed by atoms with Gasteiger partial charge in [0.25, 0.3) is 0 Å². The van der Waals surface area contributed by atoms with Crippen LogP contribution in [0.1, 0.15) is 32.8 Å². The van der Waals surface area contributed by atoms with Gasteiger partial charge in [0.2, 0.25) is 11.8 Å². The zero-order valence-corrected chi connectivity index (χ0v) is 11.3. The number of nitrogens with zero attached hydrogens (tertiary/aromatic N) is 2. The minimum Gasteiger partial charge on any atom is -0.274 e. The average molecular weight is 256 g/mol. The zero-order chi connectivity index (χ0) is 14.2. The highest BCUT2D eigenvalue weighted by Gasteiger charge is 2.50. The predicted octanol–water partition coefficient (Wildman–Crippen LogP) is 2.48. The quantitative estimate of drug-likeness (QED) is 0.764. The standard InChI is InChI=1S/C15H16N2O2/c1-10(2)15(3)8-13(18)17(14(15)19)12-6-4-5-11(7-12)9-16/h4-7,10H,8H2,1-3H3. The Kier molecular flexibility index (Phi) is 3.15. The number of imide groups is 1. The molecule has 1 aliphatic heterocycles. The topological polar surface area (TPSA) is 61.2 Å². The average Bonchev–Trinajstić information content (AvgIpc) is 2.61. The molecule has 98 valence electrons. The Morgan fingerprint density at radius 2 is 2.05 bits per heavy atom. The lowest BCUT2D eigenvalue weighted by molar-refractivity contribution is -0.126. The van der Waals surface area contributed by atoms with Crippen molar-refractivity contribution in [1.29, 1.82) is 5.26 Å². The van der Waals surface area contributed by atoms with Crippen molar-refractivity contribution in [2.75, 3.05) is 4.90 Å². The minimum absolute atomic E-state index is 0.0908. The van der Waals surface area contributed by atoms with Crippen molar-refractivity contribution in [3.05, 3.63) is 29.8 Å². The van der Waals surface area contributed by atoms with Gasteiger partial charge in [0, 0.05) is 6.42 Å². The predicted molar refractivity (Wildman–Crippen MR) is 71.2 cm³/mol. The van der Waals surface area contributed by atoms with Crippen LogP contribution in [0, 0.1) is 22.7 Å². The van der Waals surface area contributed by atoms with E-state index in [9.17, 15) is 9.59 Å². The summed E-state index contributed by atoms with van der Waals surface area (Å²) in [5, 5.41) is 8.89. The fourth-order valence-electron chi connectivity index (χ4n) is 2.26. The summed E-state index contributed by atoms with van der Waals surface area (Å²) < 4.78 is 0. The molecule has 1 aliphatic rings. The molecule has 1 atom stereocenters. The first-order valence-electron chi connectivity index (χ1n) is 6.27. The fourth-order valence-corrected chi connectivity index (χ4v) is 2.26. The highest BCUT2D eigenvalue weighted by molar-refractivity contribution is 6.22. The number of carbonyl (C=O) groups is 2. The third-order valence-corrected chi connectivity index (χ3v) is 3.97. The van der Waals surface area contributed by atoms with E-state index in [0.29, 0.717) is 11.3 Å². The first-order valence-corrected chi connectivity index (χ1v) is 6.27. The normalized spacial score (nSPS) is 23.0. The molecule has 1 saturated heterocycles. The highest BCUT2D eigenvalue weighted by Crippen LogP contribution is 2.41. The number of amides is 2. The Hall–Kier alpha value is -2.15. The first-order chi connectivity index (χ1) is 8.90. The summed E-state index contributed by atoms with van der Waals surface area (Å²) >= 11 is 0. The largest absolute Gasteiger partial charge is 0.274 e. The Bertz CT molecular complexity index is 586. The number of hydrogen-bond acceptors (Lipinski definition) is 3. The van der Waals surface area contributed by atoms with E-state index in [1.165, 1.54) is 4.90 Å². The molecule has 1 fully saturated rings. The molecule has 4 heteroatoms. The van der Waals surface area contributed by atoms with E-state index in [2.05, 4.69) is 0 Å². The number of rotatable bonds is 2. The summed E-state index contributed by atoms with van der Waals surface area (Å²) in [4.78, 5) is 25.8. The molecule has 2 amide bonds. The smallest absolute Gasteiger partial charge is 0.240 e. The number of carbonyl (C=O) groups excluding carboxylic acids is 2. The second-order valence-corrected chi connectivity index (χ2v) is 5.45. The van der Waals surface area contributed by atoms with Crippen LogP contribution in [-0.4, -0.2) is 11.8 Å². The third-order valence-electron chi connectivity index (χ3n) is 3.97. The molecular weight excluding hydrogens is 240 g/mol. The molecular formula is C15H16N2O2. The van der Waals surface area contributed by atoms with E-state index in [1.54, 1.807) is 24.3 Å². The van der Waals surface area contributed by atoms with Gasteiger partial charge >= 0.3 is 0 Å². The van der Waals surface area contributed by atoms with Crippen LogP contribution in [0.4, 0.5) is 5.69 Å². The number of anilines is 1. The molecule has 0 saturated carbocycles. The molecule has 0 N–H and O–H groups in total. The Labute approximate surface area is 112 Å². The molecule has 0 aromatic heterocycles. The number of nitriles is 1. The maximum atomic E-state index is 12.5. The summed E-state index contributed by atoms with van der Waals surface area (Å²) in [6.07, 6.45) is 0.223. The minimum atomic E-state index is -0.653. The molecule has 1 aromatic rings. The van der Waals surface area contributed by atoms with E-state index in [1.807, 2.05) is 26.8 Å². The van der Waals surface area contributed by atoms with Crippen molar-refractivity contribution >= 4 is 17.5 Å². The highest BCUT2D eigenvalue weighted by atomic mass is 16.2. The molecule has 19 heavy (non-hydrogen) atoms. The lowest BCUT2D eigenvalue weighted by Gasteiger charge is -2.26. The summed E-state index contributed by atoms with van der Waals surface area (Å²) in [6.45, 7) is 5.72. The van der Waals surface area contributed by atoms with Gasteiger partial charge in [-0.1, -0.05) is 19.9 Å². The SMILES string of the molecule is CC(C)C1(C)CC(=O)N(c2cccc(C#N)c2)C1=O. The fraction of sp³-hybridized carbons (Fsp3) is 0.400. The van der Waals surface area contributed by atoms with E-state index >= 15 is 0 Å². The van der Waals surface area contributed by atoms with E-state index in [-0.39, 0.29) is 24.2 Å². The van der Waals surface area contributed by atoms with Crippen molar-refractivity contribution in [2.45, 2.75) is 27.2 Å². The van der Waals surface area contributed by atoms with Crippen molar-refractivity contribution < 1.29 is 9.59 Å². The van der Waals surface area contributed by atoms with E-state index in [0.717, 1.165) is 0 Å². The Morgan fingerprint density at radius 1 is 1.37 bits per heavy atom. The van der Waals surface area contributed by atoms with Gasteiger partial charge in [0.05, 0.1) is 22.7 Å². The maximum Gasteiger partial charge on any atom is 0.240 e. The maximum absolute atomic E-state index is 12.5. The van der Waals surface area contributed by atoms with Crippen LogP contribution in [0.5, 0.6) is 0 Å². The van der Waals surface area contributed by atoms with E-state index < -0.39 is 5.41 Å². The van der Waals surface area contributed by atoms with E-state index in [4.69, 9.17) is 5.26 Å². The molecule has 1 unspecified atom stereocenters. The summed E-state index contributed by atoms with van der Waals surface area (Å²) in [5.74, 6) is -0.285. The zero-order valence-electron chi connectivity index (χ0n) is 11.3. The van der Waals surface area contributed by atoms with Gasteiger partial charge in [0.15, 0.2) is 0 Å². The van der Waals surface area contributed by atoms with Crippen LogP contribution >= 0.6 is 0 Å². The Balaban J connectivity index is 2.44. The lowest BCUT2D eigenvalue weighted by atomic mass is 9.78. The van der Waals surface area contributed by atoms with Gasteiger partial charge < -0.3 is 0 Å². The molecule has 0 radical (unpaired) electrons. The van der Waals surface area contributed by atoms with Crippen molar-refractivity contribution in [3.8, 4) is 6.07 Å². The lowest BCUT2D eigenvalue weighted by Crippen LogP contribution is -2.36. The summed E-state index contributed by atoms with van der Waals surface area (Å²) in [5.41, 5.74) is 0.273.